The number of aromatic nitrogens is 1. The van der Waals surface area contributed by atoms with Crippen molar-refractivity contribution in [2.24, 2.45) is 0 Å². The van der Waals surface area contributed by atoms with E-state index >= 15 is 0 Å². The number of fused-ring (bicyclic) bond motifs is 1. The monoisotopic (exact) mass is 283 g/mol. The van der Waals surface area contributed by atoms with Gasteiger partial charge in [0, 0.05) is 18.1 Å². The Kier molecular flexibility index (Phi) is 3.44. The first-order chi connectivity index (χ1) is 10.2. The lowest BCUT2D eigenvalue weighted by molar-refractivity contribution is 0.0600. The van der Waals surface area contributed by atoms with E-state index in [4.69, 9.17) is 0 Å². The third kappa shape index (κ3) is 2.52. The molecule has 4 heteroatoms. The van der Waals surface area contributed by atoms with E-state index in [-0.39, 0.29) is 11.8 Å². The Hall–Kier alpha value is -2.62. The summed E-state index contributed by atoms with van der Waals surface area (Å²) in [5.41, 5.74) is 2.40. The Morgan fingerprint density at radius 3 is 2.62 bits per heavy atom. The molecule has 0 saturated carbocycles. The van der Waals surface area contributed by atoms with Crippen LogP contribution in [0.3, 0.4) is 0 Å². The minimum atomic E-state index is -0.352. The molecule has 0 saturated heterocycles. The predicted molar refractivity (Wildman–Crippen MR) is 78.8 cm³/mol. The van der Waals surface area contributed by atoms with Gasteiger partial charge < -0.3 is 9.30 Å². The normalized spacial score (nSPS) is 10.8. The van der Waals surface area contributed by atoms with Crippen molar-refractivity contribution >= 4 is 16.9 Å². The fraction of sp³-hybridized carbons (Fsp3) is 0.118. The zero-order valence-corrected chi connectivity index (χ0v) is 11.5. The zero-order valence-electron chi connectivity index (χ0n) is 11.5. The number of esters is 1. The second-order valence-corrected chi connectivity index (χ2v) is 4.80. The number of hydrogen-bond acceptors (Lipinski definition) is 2. The van der Waals surface area contributed by atoms with Gasteiger partial charge >= 0.3 is 5.97 Å². The van der Waals surface area contributed by atoms with Crippen molar-refractivity contribution in [3.8, 4) is 0 Å². The van der Waals surface area contributed by atoms with Gasteiger partial charge in [0.15, 0.2) is 0 Å². The summed E-state index contributed by atoms with van der Waals surface area (Å²) >= 11 is 0. The molecule has 3 aromatic rings. The molecule has 0 atom stereocenters. The van der Waals surface area contributed by atoms with E-state index < -0.39 is 0 Å². The highest BCUT2D eigenvalue weighted by molar-refractivity contribution is 5.89. The molecular weight excluding hydrogens is 269 g/mol. The quantitative estimate of drug-likeness (QED) is 0.687. The maximum Gasteiger partial charge on any atom is 0.337 e. The predicted octanol–water partition coefficient (Wildman–Crippen LogP) is 3.62. The van der Waals surface area contributed by atoms with Gasteiger partial charge in [-0.05, 0) is 35.9 Å². The SMILES string of the molecule is COC(=O)c1ccc(Cn2ccc3c(F)cccc32)cc1. The molecule has 3 nitrogen and oxygen atoms in total. The first-order valence-corrected chi connectivity index (χ1v) is 6.59. The standard InChI is InChI=1S/C17H14FNO2/c1-21-17(20)13-7-5-12(6-8-13)11-19-10-9-14-15(18)3-2-4-16(14)19/h2-10H,11H2,1H3. The molecule has 3 rings (SSSR count). The fourth-order valence-electron chi connectivity index (χ4n) is 2.38. The second kappa shape index (κ2) is 5.40. The molecule has 1 aromatic heterocycles. The minimum Gasteiger partial charge on any atom is -0.465 e. The van der Waals surface area contributed by atoms with E-state index in [2.05, 4.69) is 4.74 Å². The summed E-state index contributed by atoms with van der Waals surface area (Å²) in [4.78, 5) is 11.4. The summed E-state index contributed by atoms with van der Waals surface area (Å²) < 4.78 is 20.3. The van der Waals surface area contributed by atoms with Gasteiger partial charge in [0.05, 0.1) is 18.2 Å². The van der Waals surface area contributed by atoms with Crippen LogP contribution in [0.15, 0.2) is 54.7 Å². The molecule has 1 heterocycles. The zero-order chi connectivity index (χ0) is 14.8. The van der Waals surface area contributed by atoms with Gasteiger partial charge in [-0.3, -0.25) is 0 Å². The molecule has 21 heavy (non-hydrogen) atoms. The number of methoxy groups -OCH3 is 1. The van der Waals surface area contributed by atoms with Crippen LogP contribution in [-0.4, -0.2) is 17.6 Å². The number of halogens is 1. The maximum absolute atomic E-state index is 13.7. The average Bonchev–Trinajstić information content (AvgIpc) is 2.92. The summed E-state index contributed by atoms with van der Waals surface area (Å²) in [7, 11) is 1.36. The van der Waals surface area contributed by atoms with Gasteiger partial charge in [-0.2, -0.15) is 0 Å². The number of carbonyl (C=O) groups is 1. The van der Waals surface area contributed by atoms with Gasteiger partial charge in [0.2, 0.25) is 0 Å². The molecule has 0 unspecified atom stereocenters. The van der Waals surface area contributed by atoms with Crippen molar-refractivity contribution in [2.45, 2.75) is 6.54 Å². The van der Waals surface area contributed by atoms with Gasteiger partial charge in [0.25, 0.3) is 0 Å². The van der Waals surface area contributed by atoms with Crippen LogP contribution < -0.4 is 0 Å². The number of hydrogen-bond donors (Lipinski definition) is 0. The van der Waals surface area contributed by atoms with Crippen LogP contribution in [0.25, 0.3) is 10.9 Å². The summed E-state index contributed by atoms with van der Waals surface area (Å²) in [6.07, 6.45) is 1.86. The largest absolute Gasteiger partial charge is 0.465 e. The van der Waals surface area contributed by atoms with Crippen LogP contribution in [0.2, 0.25) is 0 Å². The van der Waals surface area contributed by atoms with Crippen LogP contribution >= 0.6 is 0 Å². The summed E-state index contributed by atoms with van der Waals surface area (Å²) in [5.74, 6) is -0.567. The molecule has 0 N–H and O–H groups in total. The molecule has 2 aromatic carbocycles. The highest BCUT2D eigenvalue weighted by Crippen LogP contribution is 2.20. The van der Waals surface area contributed by atoms with Crippen molar-refractivity contribution in [3.63, 3.8) is 0 Å². The van der Waals surface area contributed by atoms with Crippen molar-refractivity contribution in [1.82, 2.24) is 4.57 Å². The van der Waals surface area contributed by atoms with Crippen LogP contribution in [0.1, 0.15) is 15.9 Å². The number of ether oxygens (including phenoxy) is 1. The van der Waals surface area contributed by atoms with Crippen molar-refractivity contribution in [2.75, 3.05) is 7.11 Å². The smallest absolute Gasteiger partial charge is 0.337 e. The molecule has 0 aliphatic carbocycles. The Bertz CT molecular complexity index is 790. The topological polar surface area (TPSA) is 31.2 Å². The highest BCUT2D eigenvalue weighted by Gasteiger charge is 2.07. The van der Waals surface area contributed by atoms with E-state index in [1.165, 1.54) is 13.2 Å². The minimum absolute atomic E-state index is 0.215. The number of nitrogens with zero attached hydrogens (tertiary/aromatic N) is 1. The van der Waals surface area contributed by atoms with Gasteiger partial charge in [-0.25, -0.2) is 9.18 Å². The maximum atomic E-state index is 13.7. The van der Waals surface area contributed by atoms with Crippen molar-refractivity contribution in [3.05, 3.63) is 71.7 Å². The van der Waals surface area contributed by atoms with Crippen LogP contribution in [0, 0.1) is 5.82 Å². The van der Waals surface area contributed by atoms with E-state index in [1.807, 2.05) is 29.0 Å². The molecule has 0 fully saturated rings. The van der Waals surface area contributed by atoms with E-state index in [9.17, 15) is 9.18 Å². The third-order valence-electron chi connectivity index (χ3n) is 3.49. The van der Waals surface area contributed by atoms with E-state index in [1.54, 1.807) is 24.3 Å². The van der Waals surface area contributed by atoms with E-state index in [0.717, 1.165) is 11.1 Å². The fourth-order valence-corrected chi connectivity index (χ4v) is 2.38. The molecule has 0 spiro atoms. The average molecular weight is 283 g/mol. The van der Waals surface area contributed by atoms with Crippen molar-refractivity contribution < 1.29 is 13.9 Å². The lowest BCUT2D eigenvalue weighted by atomic mass is 10.1. The van der Waals surface area contributed by atoms with Crippen LogP contribution in [0.4, 0.5) is 4.39 Å². The molecular formula is C17H14FNO2. The molecule has 106 valence electrons. The van der Waals surface area contributed by atoms with Crippen LogP contribution in [0.5, 0.6) is 0 Å². The molecule has 0 aliphatic heterocycles. The van der Waals surface area contributed by atoms with Gasteiger partial charge in [-0.15, -0.1) is 0 Å². The summed E-state index contributed by atoms with van der Waals surface area (Å²) in [6.45, 7) is 0.619. The third-order valence-corrected chi connectivity index (χ3v) is 3.49. The lowest BCUT2D eigenvalue weighted by Gasteiger charge is -2.07. The first kappa shape index (κ1) is 13.4. The summed E-state index contributed by atoms with van der Waals surface area (Å²) in [6, 6.07) is 14.0. The molecule has 0 radical (unpaired) electrons. The molecule has 0 bridgehead atoms. The van der Waals surface area contributed by atoms with Gasteiger partial charge in [0.1, 0.15) is 5.82 Å². The van der Waals surface area contributed by atoms with Crippen LogP contribution in [-0.2, 0) is 11.3 Å². The molecule has 0 amide bonds. The lowest BCUT2D eigenvalue weighted by Crippen LogP contribution is -2.02. The Morgan fingerprint density at radius 1 is 1.14 bits per heavy atom. The number of rotatable bonds is 3. The molecule has 0 aliphatic rings. The van der Waals surface area contributed by atoms with Crippen molar-refractivity contribution in [1.29, 1.82) is 0 Å². The number of benzene rings is 2. The second-order valence-electron chi connectivity index (χ2n) is 4.80. The summed E-state index contributed by atoms with van der Waals surface area (Å²) in [5, 5.41) is 0.615. The number of carbonyl (C=O) groups excluding carboxylic acids is 1. The Balaban J connectivity index is 1.88. The Morgan fingerprint density at radius 2 is 1.90 bits per heavy atom. The Labute approximate surface area is 121 Å². The van der Waals surface area contributed by atoms with Gasteiger partial charge in [-0.1, -0.05) is 18.2 Å². The van der Waals surface area contributed by atoms with E-state index in [0.29, 0.717) is 17.5 Å². The first-order valence-electron chi connectivity index (χ1n) is 6.59. The highest BCUT2D eigenvalue weighted by atomic mass is 19.1.